The molecule has 3 aromatic rings. The van der Waals surface area contributed by atoms with E-state index < -0.39 is 10.0 Å². The number of nitrogens with zero attached hydrogens (tertiary/aromatic N) is 3. The summed E-state index contributed by atoms with van der Waals surface area (Å²) in [6.07, 6.45) is 0. The largest absolute Gasteiger partial charge is 0.265 e. The molecule has 0 aliphatic heterocycles. The normalized spacial score (nSPS) is 11.4. The van der Waals surface area contributed by atoms with E-state index in [9.17, 15) is 8.42 Å². The standard InChI is InChI=1S/C15H12BrN3O2S2/c1-19(15-18-17-10-22-15)23(20,21)14-8-4-12(5-9-14)11-2-6-13(16)7-3-11/h2-10H,1H3. The lowest BCUT2D eigenvalue weighted by molar-refractivity contribution is 0.594. The highest BCUT2D eigenvalue weighted by Gasteiger charge is 2.23. The molecule has 0 aliphatic carbocycles. The van der Waals surface area contributed by atoms with Crippen LogP contribution in [0.2, 0.25) is 0 Å². The summed E-state index contributed by atoms with van der Waals surface area (Å²) in [5, 5.41) is 7.80. The Kier molecular flexibility index (Phi) is 4.47. The highest BCUT2D eigenvalue weighted by Crippen LogP contribution is 2.26. The van der Waals surface area contributed by atoms with Crippen molar-refractivity contribution in [1.29, 1.82) is 0 Å². The molecular formula is C15H12BrN3O2S2. The van der Waals surface area contributed by atoms with E-state index in [1.807, 2.05) is 24.3 Å². The molecule has 5 nitrogen and oxygen atoms in total. The lowest BCUT2D eigenvalue weighted by Crippen LogP contribution is -2.26. The van der Waals surface area contributed by atoms with Crippen LogP contribution >= 0.6 is 27.3 Å². The summed E-state index contributed by atoms with van der Waals surface area (Å²) in [6.45, 7) is 0. The molecule has 118 valence electrons. The molecule has 0 saturated carbocycles. The van der Waals surface area contributed by atoms with E-state index in [0.717, 1.165) is 19.9 Å². The molecule has 0 saturated heterocycles. The molecule has 0 unspecified atom stereocenters. The van der Waals surface area contributed by atoms with Crippen LogP contribution in [0, 0.1) is 0 Å². The predicted octanol–water partition coefficient (Wildman–Crippen LogP) is 3.79. The van der Waals surface area contributed by atoms with E-state index in [1.165, 1.54) is 23.9 Å². The Bertz CT molecular complexity index is 893. The number of hydrogen-bond acceptors (Lipinski definition) is 5. The van der Waals surface area contributed by atoms with Gasteiger partial charge in [-0.3, -0.25) is 0 Å². The Morgan fingerprint density at radius 2 is 1.57 bits per heavy atom. The SMILES string of the molecule is CN(c1nncs1)S(=O)(=O)c1ccc(-c2ccc(Br)cc2)cc1. The molecule has 1 heterocycles. The molecule has 0 fully saturated rings. The van der Waals surface area contributed by atoms with Crippen LogP contribution in [-0.4, -0.2) is 25.7 Å². The highest BCUT2D eigenvalue weighted by molar-refractivity contribution is 9.10. The molecule has 0 atom stereocenters. The van der Waals surface area contributed by atoms with Crippen LogP contribution in [0.15, 0.2) is 63.4 Å². The van der Waals surface area contributed by atoms with E-state index in [-0.39, 0.29) is 4.90 Å². The number of hydrogen-bond donors (Lipinski definition) is 0. The number of rotatable bonds is 4. The van der Waals surface area contributed by atoms with Crippen molar-refractivity contribution in [2.24, 2.45) is 0 Å². The third-order valence-electron chi connectivity index (χ3n) is 3.31. The van der Waals surface area contributed by atoms with Gasteiger partial charge >= 0.3 is 0 Å². The van der Waals surface area contributed by atoms with Crippen LogP contribution < -0.4 is 4.31 Å². The first-order valence-corrected chi connectivity index (χ1v) is 9.71. The Hall–Kier alpha value is -1.77. The average molecular weight is 410 g/mol. The minimum atomic E-state index is -3.63. The first-order valence-electron chi connectivity index (χ1n) is 6.59. The summed E-state index contributed by atoms with van der Waals surface area (Å²) >= 11 is 4.57. The Labute approximate surface area is 146 Å². The molecule has 0 bridgehead atoms. The van der Waals surface area contributed by atoms with Crippen LogP contribution in [0.4, 0.5) is 5.13 Å². The molecule has 1 aromatic heterocycles. The van der Waals surface area contributed by atoms with Crippen molar-refractivity contribution in [2.45, 2.75) is 4.90 Å². The van der Waals surface area contributed by atoms with Crippen molar-refractivity contribution in [3.05, 3.63) is 58.5 Å². The minimum Gasteiger partial charge on any atom is -0.243 e. The van der Waals surface area contributed by atoms with Gasteiger partial charge in [0.05, 0.1) is 4.90 Å². The van der Waals surface area contributed by atoms with Gasteiger partial charge < -0.3 is 0 Å². The van der Waals surface area contributed by atoms with Crippen LogP contribution in [0.5, 0.6) is 0 Å². The molecule has 23 heavy (non-hydrogen) atoms. The second-order valence-corrected chi connectivity index (χ2v) is 8.42. The van der Waals surface area contributed by atoms with Crippen molar-refractivity contribution in [2.75, 3.05) is 11.4 Å². The molecule has 3 rings (SSSR count). The second-order valence-electron chi connectivity index (χ2n) is 4.73. The Morgan fingerprint density at radius 3 is 2.09 bits per heavy atom. The zero-order valence-corrected chi connectivity index (χ0v) is 15.3. The van der Waals surface area contributed by atoms with Crippen molar-refractivity contribution >= 4 is 42.4 Å². The van der Waals surface area contributed by atoms with E-state index in [4.69, 9.17) is 0 Å². The maximum absolute atomic E-state index is 12.6. The van der Waals surface area contributed by atoms with Gasteiger partial charge in [0.1, 0.15) is 5.51 Å². The van der Waals surface area contributed by atoms with Crippen molar-refractivity contribution in [1.82, 2.24) is 10.2 Å². The van der Waals surface area contributed by atoms with Gasteiger partial charge in [0.2, 0.25) is 5.13 Å². The quantitative estimate of drug-likeness (QED) is 0.657. The fourth-order valence-electron chi connectivity index (χ4n) is 2.03. The van der Waals surface area contributed by atoms with Gasteiger partial charge in [-0.05, 0) is 35.4 Å². The fourth-order valence-corrected chi connectivity index (χ4v) is 4.18. The van der Waals surface area contributed by atoms with Crippen molar-refractivity contribution in [3.8, 4) is 11.1 Å². The molecule has 0 N–H and O–H groups in total. The smallest absolute Gasteiger partial charge is 0.243 e. The number of benzene rings is 2. The van der Waals surface area contributed by atoms with E-state index >= 15 is 0 Å². The Morgan fingerprint density at radius 1 is 1.00 bits per heavy atom. The lowest BCUT2D eigenvalue weighted by atomic mass is 10.1. The topological polar surface area (TPSA) is 63.2 Å². The first-order chi connectivity index (χ1) is 11.0. The van der Waals surface area contributed by atoms with Gasteiger partial charge in [-0.25, -0.2) is 12.7 Å². The van der Waals surface area contributed by atoms with E-state index in [1.54, 1.807) is 24.3 Å². The molecule has 0 aliphatic rings. The minimum absolute atomic E-state index is 0.219. The van der Waals surface area contributed by atoms with Crippen LogP contribution in [-0.2, 0) is 10.0 Å². The zero-order chi connectivity index (χ0) is 16.4. The van der Waals surface area contributed by atoms with Crippen molar-refractivity contribution in [3.63, 3.8) is 0 Å². The molecule has 8 heteroatoms. The summed E-state index contributed by atoms with van der Waals surface area (Å²) in [5.41, 5.74) is 3.47. The van der Waals surface area contributed by atoms with Gasteiger partial charge in [-0.1, -0.05) is 51.5 Å². The maximum Gasteiger partial charge on any atom is 0.265 e. The monoisotopic (exact) mass is 409 g/mol. The lowest BCUT2D eigenvalue weighted by Gasteiger charge is -2.15. The van der Waals surface area contributed by atoms with E-state index in [2.05, 4.69) is 26.1 Å². The predicted molar refractivity (Wildman–Crippen MR) is 95.1 cm³/mol. The number of anilines is 1. The third kappa shape index (κ3) is 3.29. The molecule has 0 amide bonds. The number of halogens is 1. The molecule has 2 aromatic carbocycles. The first kappa shape index (κ1) is 16.1. The van der Waals surface area contributed by atoms with Gasteiger partial charge in [0.25, 0.3) is 10.0 Å². The summed E-state index contributed by atoms with van der Waals surface area (Å²) in [5.74, 6) is 0. The van der Waals surface area contributed by atoms with Gasteiger partial charge in [0, 0.05) is 11.5 Å². The van der Waals surface area contributed by atoms with Crippen LogP contribution in [0.1, 0.15) is 0 Å². The summed E-state index contributed by atoms with van der Waals surface area (Å²) < 4.78 is 27.3. The summed E-state index contributed by atoms with van der Waals surface area (Å²) in [7, 11) is -2.16. The molecule has 0 radical (unpaired) electrons. The maximum atomic E-state index is 12.6. The average Bonchev–Trinajstić information content (AvgIpc) is 3.09. The van der Waals surface area contributed by atoms with E-state index in [0.29, 0.717) is 5.13 Å². The molecular weight excluding hydrogens is 398 g/mol. The van der Waals surface area contributed by atoms with Crippen molar-refractivity contribution < 1.29 is 8.42 Å². The zero-order valence-electron chi connectivity index (χ0n) is 12.0. The Balaban J connectivity index is 1.91. The van der Waals surface area contributed by atoms with Gasteiger partial charge in [-0.2, -0.15) is 0 Å². The third-order valence-corrected chi connectivity index (χ3v) is 6.48. The van der Waals surface area contributed by atoms with Crippen LogP contribution in [0.25, 0.3) is 11.1 Å². The van der Waals surface area contributed by atoms with Gasteiger partial charge in [-0.15, -0.1) is 10.2 Å². The summed E-state index contributed by atoms with van der Waals surface area (Å²) in [6, 6.07) is 14.6. The van der Waals surface area contributed by atoms with Gasteiger partial charge in [0.15, 0.2) is 0 Å². The van der Waals surface area contributed by atoms with Crippen LogP contribution in [0.3, 0.4) is 0 Å². The number of sulfonamides is 1. The second kappa shape index (κ2) is 6.38. The highest BCUT2D eigenvalue weighted by atomic mass is 79.9. The summed E-state index contributed by atoms with van der Waals surface area (Å²) in [4.78, 5) is 0.219. The fraction of sp³-hybridized carbons (Fsp3) is 0.0667. The number of aromatic nitrogens is 2. The molecule has 0 spiro atoms.